The largest absolute Gasteiger partial charge is 0.393 e. The molecule has 4 saturated carbocycles. The molecule has 0 saturated heterocycles. The van der Waals surface area contributed by atoms with Gasteiger partial charge in [-0.3, -0.25) is 0 Å². The fraction of sp³-hybridized carbons (Fsp3) is 1.00. The van der Waals surface area contributed by atoms with Crippen molar-refractivity contribution in [2.24, 2.45) is 46.3 Å². The molecule has 0 aromatic heterocycles. The Balaban J connectivity index is 1.60. The number of fused-ring (bicyclic) bond motifs is 5. The Morgan fingerprint density at radius 1 is 0.826 bits per heavy atom. The van der Waals surface area contributed by atoms with Crippen molar-refractivity contribution in [3.63, 3.8) is 0 Å². The van der Waals surface area contributed by atoms with Gasteiger partial charge in [-0.1, -0.05) is 27.7 Å². The van der Waals surface area contributed by atoms with Crippen molar-refractivity contribution in [1.29, 1.82) is 0 Å². The monoisotopic (exact) mass is 318 g/mol. The van der Waals surface area contributed by atoms with E-state index in [0.29, 0.717) is 10.8 Å². The minimum Gasteiger partial charge on any atom is -0.393 e. The molecule has 1 heteroatoms. The molecule has 23 heavy (non-hydrogen) atoms. The van der Waals surface area contributed by atoms with Gasteiger partial charge in [0.05, 0.1) is 6.10 Å². The molecular formula is C22H38O. The third-order valence-electron chi connectivity index (χ3n) is 9.52. The molecular weight excluding hydrogens is 280 g/mol. The van der Waals surface area contributed by atoms with Crippen LogP contribution in [0.4, 0.5) is 0 Å². The predicted octanol–water partition coefficient (Wildman–Crippen LogP) is 5.66. The standard InChI is InChI=1S/C22H38O/c1-14(2)18-7-8-19-17-6-5-15-13-16(23)9-11-21(15,3)20(17)10-12-22(18,19)4/h14-20,23H,5-13H2,1-4H3/t15?,16?,17?,18-,19?,20?,21?,22-/m1/s1. The van der Waals surface area contributed by atoms with Crippen LogP contribution >= 0.6 is 0 Å². The summed E-state index contributed by atoms with van der Waals surface area (Å²) in [5.41, 5.74) is 1.17. The van der Waals surface area contributed by atoms with Gasteiger partial charge in [-0.2, -0.15) is 0 Å². The quantitative estimate of drug-likeness (QED) is 0.661. The molecule has 0 aromatic rings. The highest BCUT2D eigenvalue weighted by molar-refractivity contribution is 5.09. The second-order valence-electron chi connectivity index (χ2n) is 10.6. The summed E-state index contributed by atoms with van der Waals surface area (Å²) in [7, 11) is 0. The van der Waals surface area contributed by atoms with Crippen molar-refractivity contribution in [3.8, 4) is 0 Å². The molecule has 0 radical (unpaired) electrons. The second kappa shape index (κ2) is 5.48. The Morgan fingerprint density at radius 2 is 1.52 bits per heavy atom. The Labute approximate surface area is 143 Å². The van der Waals surface area contributed by atoms with Crippen molar-refractivity contribution in [2.45, 2.75) is 91.6 Å². The zero-order valence-electron chi connectivity index (χ0n) is 15.9. The van der Waals surface area contributed by atoms with Gasteiger partial charge >= 0.3 is 0 Å². The van der Waals surface area contributed by atoms with E-state index in [1.54, 1.807) is 0 Å². The van der Waals surface area contributed by atoms with E-state index in [0.717, 1.165) is 48.3 Å². The summed E-state index contributed by atoms with van der Waals surface area (Å²) in [6.45, 7) is 10.2. The molecule has 4 aliphatic carbocycles. The summed E-state index contributed by atoms with van der Waals surface area (Å²) in [4.78, 5) is 0. The maximum Gasteiger partial charge on any atom is 0.0543 e. The number of aliphatic hydroxyl groups is 1. The fourth-order valence-corrected chi connectivity index (χ4v) is 8.37. The molecule has 6 unspecified atom stereocenters. The van der Waals surface area contributed by atoms with Crippen molar-refractivity contribution in [2.75, 3.05) is 0 Å². The van der Waals surface area contributed by atoms with E-state index in [4.69, 9.17) is 0 Å². The van der Waals surface area contributed by atoms with Crippen LogP contribution < -0.4 is 0 Å². The van der Waals surface area contributed by atoms with Crippen LogP contribution in [0.2, 0.25) is 0 Å². The summed E-state index contributed by atoms with van der Waals surface area (Å²) in [6.07, 6.45) is 12.2. The van der Waals surface area contributed by atoms with Gasteiger partial charge in [0.1, 0.15) is 0 Å². The molecule has 0 aromatic carbocycles. The Kier molecular flexibility index (Phi) is 3.91. The van der Waals surface area contributed by atoms with E-state index in [2.05, 4.69) is 27.7 Å². The summed E-state index contributed by atoms with van der Waals surface area (Å²) in [5, 5.41) is 10.1. The Hall–Kier alpha value is -0.0400. The zero-order chi connectivity index (χ0) is 16.4. The smallest absolute Gasteiger partial charge is 0.0543 e. The third kappa shape index (κ3) is 2.28. The summed E-state index contributed by atoms with van der Waals surface area (Å²) < 4.78 is 0. The highest BCUT2D eigenvalue weighted by Crippen LogP contribution is 2.68. The van der Waals surface area contributed by atoms with Crippen LogP contribution in [-0.2, 0) is 0 Å². The van der Waals surface area contributed by atoms with E-state index < -0.39 is 0 Å². The first-order valence-corrected chi connectivity index (χ1v) is 10.5. The summed E-state index contributed by atoms with van der Waals surface area (Å²) in [6, 6.07) is 0. The average Bonchev–Trinajstić information content (AvgIpc) is 2.85. The molecule has 1 N–H and O–H groups in total. The SMILES string of the molecule is CC(C)[C@H]1CCC2C3CCC4CC(O)CCC4(C)C3CC[C@@]21C. The van der Waals surface area contributed by atoms with E-state index in [1.165, 1.54) is 44.9 Å². The lowest BCUT2D eigenvalue weighted by atomic mass is 9.44. The zero-order valence-corrected chi connectivity index (χ0v) is 15.9. The Morgan fingerprint density at radius 3 is 2.26 bits per heavy atom. The first kappa shape index (κ1) is 16.4. The normalized spacial score (nSPS) is 56.1. The van der Waals surface area contributed by atoms with Gasteiger partial charge in [-0.15, -0.1) is 0 Å². The number of hydrogen-bond acceptors (Lipinski definition) is 1. The van der Waals surface area contributed by atoms with Gasteiger partial charge in [0.15, 0.2) is 0 Å². The second-order valence-corrected chi connectivity index (χ2v) is 10.6. The van der Waals surface area contributed by atoms with Crippen LogP contribution in [0.3, 0.4) is 0 Å². The third-order valence-corrected chi connectivity index (χ3v) is 9.52. The predicted molar refractivity (Wildman–Crippen MR) is 96.1 cm³/mol. The van der Waals surface area contributed by atoms with Crippen molar-refractivity contribution in [3.05, 3.63) is 0 Å². The van der Waals surface area contributed by atoms with Crippen LogP contribution in [0.25, 0.3) is 0 Å². The molecule has 0 heterocycles. The molecule has 0 aliphatic heterocycles. The van der Waals surface area contributed by atoms with Gasteiger partial charge in [-0.25, -0.2) is 0 Å². The molecule has 1 nitrogen and oxygen atoms in total. The maximum atomic E-state index is 10.1. The number of aliphatic hydroxyl groups excluding tert-OH is 1. The van der Waals surface area contributed by atoms with Crippen LogP contribution in [0.1, 0.15) is 85.5 Å². The Bertz CT molecular complexity index is 457. The first-order valence-electron chi connectivity index (χ1n) is 10.5. The lowest BCUT2D eigenvalue weighted by Gasteiger charge is -2.61. The highest BCUT2D eigenvalue weighted by Gasteiger charge is 2.60. The molecule has 0 amide bonds. The number of hydrogen-bond donors (Lipinski definition) is 1. The lowest BCUT2D eigenvalue weighted by molar-refractivity contribution is -0.128. The topological polar surface area (TPSA) is 20.2 Å². The van der Waals surface area contributed by atoms with Gasteiger partial charge in [0.25, 0.3) is 0 Å². The molecule has 0 spiro atoms. The van der Waals surface area contributed by atoms with Crippen LogP contribution in [-0.4, -0.2) is 11.2 Å². The van der Waals surface area contributed by atoms with Crippen LogP contribution in [0.15, 0.2) is 0 Å². The van der Waals surface area contributed by atoms with Crippen LogP contribution in [0.5, 0.6) is 0 Å². The van der Waals surface area contributed by atoms with Gasteiger partial charge < -0.3 is 5.11 Å². The molecule has 4 aliphatic rings. The average molecular weight is 319 g/mol. The van der Waals surface area contributed by atoms with Crippen molar-refractivity contribution >= 4 is 0 Å². The molecule has 4 fully saturated rings. The van der Waals surface area contributed by atoms with E-state index >= 15 is 0 Å². The van der Waals surface area contributed by atoms with Crippen molar-refractivity contribution in [1.82, 2.24) is 0 Å². The van der Waals surface area contributed by atoms with Gasteiger partial charge in [0.2, 0.25) is 0 Å². The van der Waals surface area contributed by atoms with E-state index in [9.17, 15) is 5.11 Å². The van der Waals surface area contributed by atoms with Crippen LogP contribution in [0, 0.1) is 46.3 Å². The van der Waals surface area contributed by atoms with E-state index in [1.807, 2.05) is 0 Å². The molecule has 8 atom stereocenters. The molecule has 4 rings (SSSR count). The molecule has 0 bridgehead atoms. The summed E-state index contributed by atoms with van der Waals surface area (Å²) in [5.74, 6) is 5.58. The van der Waals surface area contributed by atoms with E-state index in [-0.39, 0.29) is 6.10 Å². The highest BCUT2D eigenvalue weighted by atomic mass is 16.3. The minimum atomic E-state index is -0.00437. The lowest BCUT2D eigenvalue weighted by Crippen LogP contribution is -2.54. The fourth-order valence-electron chi connectivity index (χ4n) is 8.37. The number of rotatable bonds is 1. The minimum absolute atomic E-state index is 0.00437. The van der Waals surface area contributed by atoms with Crippen molar-refractivity contribution < 1.29 is 5.11 Å². The van der Waals surface area contributed by atoms with Gasteiger partial charge in [0, 0.05) is 0 Å². The summed E-state index contributed by atoms with van der Waals surface area (Å²) >= 11 is 0. The van der Waals surface area contributed by atoms with Gasteiger partial charge in [-0.05, 0) is 104 Å². The first-order chi connectivity index (χ1) is 10.9. The molecule has 132 valence electrons. The maximum absolute atomic E-state index is 10.1.